The Kier molecular flexibility index (Phi) is 5.21. The lowest BCUT2D eigenvalue weighted by Crippen LogP contribution is -2.51. The number of piperazine rings is 1. The van der Waals surface area contributed by atoms with E-state index < -0.39 is 0 Å². The van der Waals surface area contributed by atoms with E-state index in [1.807, 2.05) is 6.92 Å². The maximum absolute atomic E-state index is 5.71. The van der Waals surface area contributed by atoms with Gasteiger partial charge in [-0.1, -0.05) is 0 Å². The Bertz CT molecular complexity index is 457. The van der Waals surface area contributed by atoms with E-state index >= 15 is 0 Å². The number of piperidine rings is 1. The van der Waals surface area contributed by atoms with Gasteiger partial charge in [-0.25, -0.2) is 0 Å². The molecule has 2 aliphatic rings. The van der Waals surface area contributed by atoms with Gasteiger partial charge in [0.15, 0.2) is 0 Å². The van der Waals surface area contributed by atoms with Crippen LogP contribution in [0.4, 0.5) is 0 Å². The fourth-order valence-electron chi connectivity index (χ4n) is 3.91. The van der Waals surface area contributed by atoms with Crippen molar-refractivity contribution in [1.82, 2.24) is 14.7 Å². The van der Waals surface area contributed by atoms with Gasteiger partial charge in [0.1, 0.15) is 11.5 Å². The molecule has 4 heteroatoms. The highest BCUT2D eigenvalue weighted by molar-refractivity contribution is 5.05. The molecule has 22 heavy (non-hydrogen) atoms. The second kappa shape index (κ2) is 7.16. The minimum atomic E-state index is 0.738. The average Bonchev–Trinajstić information content (AvgIpc) is 2.93. The van der Waals surface area contributed by atoms with E-state index in [2.05, 4.69) is 40.8 Å². The molecule has 0 aliphatic carbocycles. The summed E-state index contributed by atoms with van der Waals surface area (Å²) >= 11 is 0. The van der Waals surface area contributed by atoms with Gasteiger partial charge in [-0.15, -0.1) is 0 Å². The number of hydrogen-bond acceptors (Lipinski definition) is 4. The molecule has 0 spiro atoms. The van der Waals surface area contributed by atoms with E-state index in [1.165, 1.54) is 52.1 Å². The Labute approximate surface area is 135 Å². The van der Waals surface area contributed by atoms with E-state index in [4.69, 9.17) is 4.42 Å². The lowest BCUT2D eigenvalue weighted by Gasteiger charge is -2.42. The van der Waals surface area contributed by atoms with E-state index in [1.54, 1.807) is 0 Å². The lowest BCUT2D eigenvalue weighted by molar-refractivity contribution is 0.0584. The van der Waals surface area contributed by atoms with Gasteiger partial charge in [-0.05, 0) is 64.9 Å². The van der Waals surface area contributed by atoms with Crippen LogP contribution in [0.1, 0.15) is 31.3 Å². The molecule has 2 fully saturated rings. The summed E-state index contributed by atoms with van der Waals surface area (Å²) in [7, 11) is 2.23. The highest BCUT2D eigenvalue weighted by Gasteiger charge is 2.29. The molecule has 2 aliphatic heterocycles. The Morgan fingerprint density at radius 1 is 1.09 bits per heavy atom. The molecule has 124 valence electrons. The Hall–Kier alpha value is -0.840. The van der Waals surface area contributed by atoms with Crippen LogP contribution >= 0.6 is 0 Å². The SMILES string of the molecule is Cc1ccc(CN2CCC(C(C)N3CCN(C)CC3)CC2)o1. The van der Waals surface area contributed by atoms with E-state index in [-0.39, 0.29) is 0 Å². The summed E-state index contributed by atoms with van der Waals surface area (Å²) in [4.78, 5) is 7.69. The molecule has 2 saturated heterocycles. The average molecular weight is 305 g/mol. The molecule has 1 aromatic heterocycles. The zero-order chi connectivity index (χ0) is 15.5. The van der Waals surface area contributed by atoms with Crippen molar-refractivity contribution < 1.29 is 4.42 Å². The maximum Gasteiger partial charge on any atom is 0.118 e. The molecular weight excluding hydrogens is 274 g/mol. The Morgan fingerprint density at radius 2 is 1.77 bits per heavy atom. The molecule has 0 bridgehead atoms. The number of hydrogen-bond donors (Lipinski definition) is 0. The number of furan rings is 1. The Balaban J connectivity index is 1.45. The number of likely N-dealkylation sites (N-methyl/N-ethyl adjacent to an activating group) is 1. The molecular formula is C18H31N3O. The van der Waals surface area contributed by atoms with Gasteiger partial charge in [0.25, 0.3) is 0 Å². The normalized spacial score (nSPS) is 24.7. The summed E-state index contributed by atoms with van der Waals surface area (Å²) in [5, 5.41) is 0. The first-order valence-electron chi connectivity index (χ1n) is 8.82. The van der Waals surface area contributed by atoms with Gasteiger partial charge in [-0.3, -0.25) is 9.80 Å². The third-order valence-electron chi connectivity index (χ3n) is 5.60. The number of nitrogens with zero attached hydrogens (tertiary/aromatic N) is 3. The first kappa shape index (κ1) is 16.0. The zero-order valence-corrected chi connectivity index (χ0v) is 14.4. The first-order chi connectivity index (χ1) is 10.6. The van der Waals surface area contributed by atoms with Crippen LogP contribution < -0.4 is 0 Å². The molecule has 4 nitrogen and oxygen atoms in total. The topological polar surface area (TPSA) is 22.9 Å². The van der Waals surface area contributed by atoms with Crippen molar-refractivity contribution in [2.45, 2.75) is 39.3 Å². The minimum Gasteiger partial charge on any atom is -0.465 e. The van der Waals surface area contributed by atoms with Gasteiger partial charge >= 0.3 is 0 Å². The predicted molar refractivity (Wildman–Crippen MR) is 90.0 cm³/mol. The second-order valence-electron chi connectivity index (χ2n) is 7.21. The van der Waals surface area contributed by atoms with Gasteiger partial charge in [0.05, 0.1) is 6.54 Å². The summed E-state index contributed by atoms with van der Waals surface area (Å²) in [6, 6.07) is 4.92. The Morgan fingerprint density at radius 3 is 2.36 bits per heavy atom. The molecule has 3 rings (SSSR count). The molecule has 1 aromatic rings. The molecule has 0 N–H and O–H groups in total. The lowest BCUT2D eigenvalue weighted by atomic mass is 9.89. The third-order valence-corrected chi connectivity index (χ3v) is 5.60. The molecule has 3 heterocycles. The van der Waals surface area contributed by atoms with E-state index in [0.717, 1.165) is 30.0 Å². The van der Waals surface area contributed by atoms with Crippen molar-refractivity contribution in [3.8, 4) is 0 Å². The summed E-state index contributed by atoms with van der Waals surface area (Å²) in [6.07, 6.45) is 2.65. The maximum atomic E-state index is 5.71. The summed E-state index contributed by atoms with van der Waals surface area (Å²) in [5.74, 6) is 3.00. The van der Waals surface area contributed by atoms with Crippen LogP contribution in [0, 0.1) is 12.8 Å². The monoisotopic (exact) mass is 305 g/mol. The predicted octanol–water partition coefficient (Wildman–Crippen LogP) is 2.44. The highest BCUT2D eigenvalue weighted by Crippen LogP contribution is 2.25. The van der Waals surface area contributed by atoms with Crippen molar-refractivity contribution in [2.75, 3.05) is 46.3 Å². The summed E-state index contributed by atoms with van der Waals surface area (Å²) in [6.45, 7) is 12.8. The summed E-state index contributed by atoms with van der Waals surface area (Å²) < 4.78 is 5.71. The third kappa shape index (κ3) is 3.92. The minimum absolute atomic E-state index is 0.738. The van der Waals surface area contributed by atoms with Crippen LogP contribution in [-0.2, 0) is 6.54 Å². The van der Waals surface area contributed by atoms with Crippen LogP contribution in [0.3, 0.4) is 0 Å². The van der Waals surface area contributed by atoms with Gasteiger partial charge in [0, 0.05) is 32.2 Å². The zero-order valence-electron chi connectivity index (χ0n) is 14.4. The van der Waals surface area contributed by atoms with Crippen LogP contribution in [0.25, 0.3) is 0 Å². The molecule has 0 radical (unpaired) electrons. The van der Waals surface area contributed by atoms with Crippen molar-refractivity contribution in [1.29, 1.82) is 0 Å². The van der Waals surface area contributed by atoms with Crippen molar-refractivity contribution >= 4 is 0 Å². The molecule has 0 amide bonds. The standard InChI is InChI=1S/C18H31N3O/c1-15-4-5-18(22-15)14-20-8-6-17(7-9-20)16(2)21-12-10-19(3)11-13-21/h4-5,16-17H,6-14H2,1-3H3. The van der Waals surface area contributed by atoms with Crippen LogP contribution in [-0.4, -0.2) is 67.1 Å². The largest absolute Gasteiger partial charge is 0.465 e. The number of aryl methyl sites for hydroxylation is 1. The fraction of sp³-hybridized carbons (Fsp3) is 0.778. The van der Waals surface area contributed by atoms with Crippen molar-refractivity contribution in [3.63, 3.8) is 0 Å². The highest BCUT2D eigenvalue weighted by atomic mass is 16.3. The number of rotatable bonds is 4. The molecule has 1 atom stereocenters. The number of likely N-dealkylation sites (tertiary alicyclic amines) is 1. The van der Waals surface area contributed by atoms with E-state index in [0.29, 0.717) is 0 Å². The quantitative estimate of drug-likeness (QED) is 0.852. The van der Waals surface area contributed by atoms with Crippen molar-refractivity contribution in [2.24, 2.45) is 5.92 Å². The van der Waals surface area contributed by atoms with Crippen LogP contribution in [0.15, 0.2) is 16.5 Å². The molecule has 0 saturated carbocycles. The van der Waals surface area contributed by atoms with Crippen LogP contribution in [0.5, 0.6) is 0 Å². The summed E-state index contributed by atoms with van der Waals surface area (Å²) in [5.41, 5.74) is 0. The second-order valence-corrected chi connectivity index (χ2v) is 7.21. The van der Waals surface area contributed by atoms with Gasteiger partial charge in [-0.2, -0.15) is 0 Å². The smallest absolute Gasteiger partial charge is 0.118 e. The first-order valence-corrected chi connectivity index (χ1v) is 8.82. The van der Waals surface area contributed by atoms with Gasteiger partial charge < -0.3 is 9.32 Å². The fourth-order valence-corrected chi connectivity index (χ4v) is 3.91. The van der Waals surface area contributed by atoms with Crippen molar-refractivity contribution in [3.05, 3.63) is 23.7 Å². The van der Waals surface area contributed by atoms with Gasteiger partial charge in [0.2, 0.25) is 0 Å². The van der Waals surface area contributed by atoms with Crippen LogP contribution in [0.2, 0.25) is 0 Å². The molecule has 0 aromatic carbocycles. The molecule has 1 unspecified atom stereocenters. The van der Waals surface area contributed by atoms with E-state index in [9.17, 15) is 0 Å².